The second-order valence-electron chi connectivity index (χ2n) is 8.26. The highest BCUT2D eigenvalue weighted by atomic mass is 15.3. The Morgan fingerprint density at radius 1 is 0.862 bits per heavy atom. The summed E-state index contributed by atoms with van der Waals surface area (Å²) in [5.41, 5.74) is 2.36. The topological polar surface area (TPSA) is 40.4 Å². The summed E-state index contributed by atoms with van der Waals surface area (Å²) in [4.78, 5) is 17.0. The fourth-order valence-electron chi connectivity index (χ4n) is 4.62. The number of rotatable bonds is 5. The number of aryl methyl sites for hydroxylation is 1. The number of anilines is 2. The minimum atomic E-state index is 0.975. The van der Waals surface area contributed by atoms with Crippen LogP contribution in [0.25, 0.3) is 11.0 Å². The highest BCUT2D eigenvalue weighted by Gasteiger charge is 2.21. The molecule has 0 aromatic carbocycles. The van der Waals surface area contributed by atoms with E-state index in [-0.39, 0.29) is 0 Å². The second-order valence-corrected chi connectivity index (χ2v) is 8.26. The molecule has 2 fully saturated rings. The molecule has 152 valence electrons. The van der Waals surface area contributed by atoms with Crippen molar-refractivity contribution < 1.29 is 0 Å². The molecule has 2 saturated heterocycles. The molecule has 0 spiro atoms. The maximum absolute atomic E-state index is 5.06. The third-order valence-corrected chi connectivity index (χ3v) is 6.34. The molecule has 0 bridgehead atoms. The van der Waals surface area contributed by atoms with Crippen LogP contribution in [-0.2, 0) is 6.54 Å². The van der Waals surface area contributed by atoms with Crippen molar-refractivity contribution in [1.82, 2.24) is 19.4 Å². The van der Waals surface area contributed by atoms with Crippen LogP contribution < -0.4 is 9.80 Å². The van der Waals surface area contributed by atoms with Crippen LogP contribution in [-0.4, -0.2) is 65.2 Å². The number of fused-ring (bicyclic) bond motifs is 1. The van der Waals surface area contributed by atoms with E-state index in [9.17, 15) is 0 Å². The van der Waals surface area contributed by atoms with Gasteiger partial charge in [-0.1, -0.05) is 6.07 Å². The van der Waals surface area contributed by atoms with Gasteiger partial charge >= 0.3 is 0 Å². The van der Waals surface area contributed by atoms with Crippen molar-refractivity contribution in [1.29, 1.82) is 0 Å². The molecule has 5 heterocycles. The Balaban J connectivity index is 1.28. The van der Waals surface area contributed by atoms with Crippen LogP contribution in [0.5, 0.6) is 0 Å². The zero-order valence-corrected chi connectivity index (χ0v) is 17.3. The number of piperazine rings is 1. The van der Waals surface area contributed by atoms with E-state index in [4.69, 9.17) is 4.98 Å². The van der Waals surface area contributed by atoms with E-state index in [0.29, 0.717) is 0 Å². The monoisotopic (exact) mass is 390 g/mol. The van der Waals surface area contributed by atoms with Crippen LogP contribution in [0.4, 0.5) is 11.6 Å². The van der Waals surface area contributed by atoms with Crippen molar-refractivity contribution in [3.8, 4) is 0 Å². The number of aromatic nitrogens is 3. The molecule has 0 aliphatic carbocycles. The lowest BCUT2D eigenvalue weighted by Gasteiger charge is -2.36. The standard InChI is InChI=1S/C23H30N6/c1-19-5-4-9-24-22(19)29-17-15-27(16-18-29)21-7-6-20-8-12-28(23(20)25-21)14-13-26-10-2-3-11-26/h4-9,12H,2-3,10-11,13-18H2,1H3. The third kappa shape index (κ3) is 3.81. The summed E-state index contributed by atoms with van der Waals surface area (Å²) < 4.78 is 2.32. The van der Waals surface area contributed by atoms with Gasteiger partial charge in [0.05, 0.1) is 0 Å². The Hall–Kier alpha value is -2.60. The first kappa shape index (κ1) is 18.4. The Morgan fingerprint density at radius 3 is 2.45 bits per heavy atom. The van der Waals surface area contributed by atoms with Gasteiger partial charge in [0.1, 0.15) is 17.3 Å². The molecular formula is C23H30N6. The molecule has 6 heteroatoms. The molecule has 3 aromatic heterocycles. The minimum Gasteiger partial charge on any atom is -0.353 e. The smallest absolute Gasteiger partial charge is 0.142 e. The van der Waals surface area contributed by atoms with E-state index < -0.39 is 0 Å². The molecule has 2 aliphatic heterocycles. The lowest BCUT2D eigenvalue weighted by atomic mass is 10.2. The van der Waals surface area contributed by atoms with Gasteiger partial charge in [0, 0.05) is 57.0 Å². The number of hydrogen-bond acceptors (Lipinski definition) is 5. The van der Waals surface area contributed by atoms with Gasteiger partial charge in [0.15, 0.2) is 0 Å². The van der Waals surface area contributed by atoms with Crippen molar-refractivity contribution in [2.24, 2.45) is 0 Å². The largest absolute Gasteiger partial charge is 0.353 e. The molecule has 0 atom stereocenters. The zero-order chi connectivity index (χ0) is 19.6. The number of hydrogen-bond donors (Lipinski definition) is 0. The fraction of sp³-hybridized carbons (Fsp3) is 0.478. The quantitative estimate of drug-likeness (QED) is 0.669. The normalized spacial score (nSPS) is 18.1. The average Bonchev–Trinajstić information content (AvgIpc) is 3.42. The van der Waals surface area contributed by atoms with Crippen molar-refractivity contribution >= 4 is 22.7 Å². The van der Waals surface area contributed by atoms with Gasteiger partial charge in [0.25, 0.3) is 0 Å². The van der Waals surface area contributed by atoms with Crippen LogP contribution in [0.2, 0.25) is 0 Å². The van der Waals surface area contributed by atoms with Crippen LogP contribution in [0.15, 0.2) is 42.7 Å². The van der Waals surface area contributed by atoms with Crippen molar-refractivity contribution in [2.75, 3.05) is 55.6 Å². The van der Waals surface area contributed by atoms with E-state index >= 15 is 0 Å². The molecule has 0 amide bonds. The predicted molar refractivity (Wildman–Crippen MR) is 119 cm³/mol. The maximum Gasteiger partial charge on any atom is 0.142 e. The molecule has 3 aromatic rings. The summed E-state index contributed by atoms with van der Waals surface area (Å²) in [6.07, 6.45) is 6.78. The van der Waals surface area contributed by atoms with E-state index in [1.807, 2.05) is 12.3 Å². The van der Waals surface area contributed by atoms with E-state index in [2.05, 4.69) is 61.6 Å². The van der Waals surface area contributed by atoms with Crippen molar-refractivity contribution in [3.63, 3.8) is 0 Å². The minimum absolute atomic E-state index is 0.975. The van der Waals surface area contributed by atoms with Gasteiger partial charge in [-0.15, -0.1) is 0 Å². The number of pyridine rings is 2. The summed E-state index contributed by atoms with van der Waals surface area (Å²) in [6.45, 7) is 10.7. The average molecular weight is 391 g/mol. The first-order valence-corrected chi connectivity index (χ1v) is 10.9. The summed E-state index contributed by atoms with van der Waals surface area (Å²) in [7, 11) is 0. The SMILES string of the molecule is Cc1cccnc1N1CCN(c2ccc3ccn(CCN4CCCC4)c3n2)CC1. The first-order valence-electron chi connectivity index (χ1n) is 10.9. The van der Waals surface area contributed by atoms with Crippen molar-refractivity contribution in [2.45, 2.75) is 26.3 Å². The van der Waals surface area contributed by atoms with Gasteiger partial charge in [-0.2, -0.15) is 0 Å². The highest BCUT2D eigenvalue weighted by Crippen LogP contribution is 2.23. The predicted octanol–water partition coefficient (Wildman–Crippen LogP) is 3.16. The summed E-state index contributed by atoms with van der Waals surface area (Å²) >= 11 is 0. The van der Waals surface area contributed by atoms with E-state index in [0.717, 1.165) is 56.6 Å². The Bertz CT molecular complexity index is 966. The molecule has 0 N–H and O–H groups in total. The number of likely N-dealkylation sites (tertiary alicyclic amines) is 1. The first-order chi connectivity index (χ1) is 14.3. The molecule has 0 radical (unpaired) electrons. The summed E-state index contributed by atoms with van der Waals surface area (Å²) in [6, 6.07) is 10.7. The lowest BCUT2D eigenvalue weighted by Crippen LogP contribution is -2.47. The van der Waals surface area contributed by atoms with Crippen molar-refractivity contribution in [3.05, 3.63) is 48.3 Å². The molecule has 6 nitrogen and oxygen atoms in total. The van der Waals surface area contributed by atoms with Gasteiger partial charge in [-0.25, -0.2) is 9.97 Å². The van der Waals surface area contributed by atoms with Crippen LogP contribution >= 0.6 is 0 Å². The molecule has 2 aliphatic rings. The van der Waals surface area contributed by atoms with Gasteiger partial charge < -0.3 is 19.3 Å². The van der Waals surface area contributed by atoms with Crippen LogP contribution in [0, 0.1) is 6.92 Å². The van der Waals surface area contributed by atoms with Gasteiger partial charge in [-0.3, -0.25) is 0 Å². The Kier molecular flexibility index (Phi) is 5.10. The summed E-state index contributed by atoms with van der Waals surface area (Å²) in [5.74, 6) is 2.21. The molecular weight excluding hydrogens is 360 g/mol. The Morgan fingerprint density at radius 2 is 1.66 bits per heavy atom. The molecule has 29 heavy (non-hydrogen) atoms. The molecule has 0 unspecified atom stereocenters. The Labute approximate surface area is 172 Å². The van der Waals surface area contributed by atoms with Crippen LogP contribution in [0.3, 0.4) is 0 Å². The van der Waals surface area contributed by atoms with E-state index in [1.54, 1.807) is 0 Å². The maximum atomic E-state index is 5.06. The van der Waals surface area contributed by atoms with Crippen LogP contribution in [0.1, 0.15) is 18.4 Å². The lowest BCUT2D eigenvalue weighted by molar-refractivity contribution is 0.324. The molecule has 0 saturated carbocycles. The number of nitrogens with zero attached hydrogens (tertiary/aromatic N) is 6. The zero-order valence-electron chi connectivity index (χ0n) is 17.3. The van der Waals surface area contributed by atoms with Gasteiger partial charge in [0.2, 0.25) is 0 Å². The highest BCUT2D eigenvalue weighted by molar-refractivity contribution is 5.78. The van der Waals surface area contributed by atoms with E-state index in [1.165, 1.54) is 36.9 Å². The second kappa shape index (κ2) is 8.03. The van der Waals surface area contributed by atoms with Gasteiger partial charge in [-0.05, 0) is 62.7 Å². The fourth-order valence-corrected chi connectivity index (χ4v) is 4.62. The molecule has 5 rings (SSSR count). The summed E-state index contributed by atoms with van der Waals surface area (Å²) in [5, 5.41) is 1.23. The third-order valence-electron chi connectivity index (χ3n) is 6.34.